The smallest absolute Gasteiger partial charge is 0.329 e. The van der Waals surface area contributed by atoms with Crippen LogP contribution < -0.4 is 20.8 Å². The summed E-state index contributed by atoms with van der Waals surface area (Å²) in [5.74, 6) is -1.57. The van der Waals surface area contributed by atoms with E-state index in [1.54, 1.807) is 42.5 Å². The molecule has 0 radical (unpaired) electrons. The van der Waals surface area contributed by atoms with Crippen molar-refractivity contribution >= 4 is 46.9 Å². The molecule has 0 unspecified atom stereocenters. The molecule has 0 saturated carbocycles. The van der Waals surface area contributed by atoms with Crippen LogP contribution in [0.4, 0.5) is 11.4 Å². The number of hydrogen-bond donors (Lipinski definition) is 3. The Morgan fingerprint density at radius 2 is 1.68 bits per heavy atom. The molecule has 0 aliphatic rings. The Morgan fingerprint density at radius 1 is 0.941 bits per heavy atom. The van der Waals surface area contributed by atoms with Crippen LogP contribution >= 0.6 is 11.6 Å². The number of rotatable bonds is 7. The van der Waals surface area contributed by atoms with Gasteiger partial charge in [0.15, 0.2) is 6.61 Å². The Kier molecular flexibility index (Phi) is 8.37. The summed E-state index contributed by atoms with van der Waals surface area (Å²) in [6.45, 7) is 3.78. The van der Waals surface area contributed by atoms with Gasteiger partial charge in [-0.25, -0.2) is 5.43 Å². The number of carbonyl (C=O) groups excluding carboxylic acids is 3. The van der Waals surface area contributed by atoms with Gasteiger partial charge < -0.3 is 15.4 Å². The van der Waals surface area contributed by atoms with Crippen LogP contribution in [0.3, 0.4) is 0 Å². The zero-order chi connectivity index (χ0) is 24.5. The molecule has 3 aromatic carbocycles. The van der Waals surface area contributed by atoms with Gasteiger partial charge in [-0.2, -0.15) is 5.10 Å². The molecule has 34 heavy (non-hydrogen) atoms. The minimum atomic E-state index is -0.925. The first-order valence-electron chi connectivity index (χ1n) is 10.3. The van der Waals surface area contributed by atoms with Crippen molar-refractivity contribution in [3.63, 3.8) is 0 Å². The third-order valence-electron chi connectivity index (χ3n) is 4.80. The van der Waals surface area contributed by atoms with E-state index in [0.29, 0.717) is 22.0 Å². The van der Waals surface area contributed by atoms with Gasteiger partial charge in [-0.3, -0.25) is 14.4 Å². The van der Waals surface area contributed by atoms with Crippen molar-refractivity contribution in [3.05, 3.63) is 88.4 Å². The first-order valence-corrected chi connectivity index (χ1v) is 10.7. The molecule has 8 nitrogen and oxygen atoms in total. The van der Waals surface area contributed by atoms with Crippen molar-refractivity contribution in [2.45, 2.75) is 13.8 Å². The quantitative estimate of drug-likeness (QED) is 0.270. The highest BCUT2D eigenvalue weighted by atomic mass is 35.5. The van der Waals surface area contributed by atoms with Crippen LogP contribution in [0.1, 0.15) is 16.7 Å². The number of nitrogens with zero attached hydrogens (tertiary/aromatic N) is 1. The zero-order valence-corrected chi connectivity index (χ0v) is 19.3. The van der Waals surface area contributed by atoms with Crippen LogP contribution in [0.2, 0.25) is 5.02 Å². The molecule has 0 spiro atoms. The first kappa shape index (κ1) is 24.5. The number of nitrogens with one attached hydrogen (secondary N) is 3. The summed E-state index contributed by atoms with van der Waals surface area (Å²) in [6.07, 6.45) is 1.38. The van der Waals surface area contributed by atoms with E-state index >= 15 is 0 Å². The number of benzene rings is 3. The van der Waals surface area contributed by atoms with Gasteiger partial charge in [-0.05, 0) is 79.1 Å². The Morgan fingerprint density at radius 3 is 2.41 bits per heavy atom. The summed E-state index contributed by atoms with van der Waals surface area (Å²) in [4.78, 5) is 35.9. The van der Waals surface area contributed by atoms with Crippen molar-refractivity contribution in [1.82, 2.24) is 5.43 Å². The lowest BCUT2D eigenvalue weighted by molar-refractivity contribution is -0.136. The minimum Gasteiger partial charge on any atom is -0.484 e. The van der Waals surface area contributed by atoms with Crippen LogP contribution in [-0.4, -0.2) is 30.5 Å². The second-order valence-electron chi connectivity index (χ2n) is 7.32. The maximum atomic E-state index is 12.2. The van der Waals surface area contributed by atoms with E-state index in [-0.39, 0.29) is 12.5 Å². The standard InChI is InChI=1S/C25H23ClN4O4/c1-16-5-3-8-22(17(16)2)29-23(31)15-34-21-11-9-18(10-12-21)14-27-30-25(33)24(32)28-20-7-4-6-19(26)13-20/h3-14H,15H2,1-2H3,(H,28,32)(H,29,31)(H,30,33)/b27-14-. The molecule has 3 N–H and O–H groups in total. The van der Waals surface area contributed by atoms with Gasteiger partial charge in [0, 0.05) is 16.4 Å². The zero-order valence-electron chi connectivity index (χ0n) is 18.6. The molecule has 0 aliphatic carbocycles. The maximum absolute atomic E-state index is 12.2. The molecule has 3 aromatic rings. The SMILES string of the molecule is Cc1cccc(NC(=O)COc2ccc(/C=N\NC(=O)C(=O)Nc3cccc(Cl)c3)cc2)c1C. The number of anilines is 2. The molecule has 3 amide bonds. The monoisotopic (exact) mass is 478 g/mol. The van der Waals surface area contributed by atoms with E-state index in [2.05, 4.69) is 21.2 Å². The van der Waals surface area contributed by atoms with E-state index in [1.165, 1.54) is 12.3 Å². The predicted octanol–water partition coefficient (Wildman–Crippen LogP) is 4.06. The summed E-state index contributed by atoms with van der Waals surface area (Å²) in [7, 11) is 0. The first-order chi connectivity index (χ1) is 16.3. The van der Waals surface area contributed by atoms with Crippen LogP contribution in [0.15, 0.2) is 71.8 Å². The van der Waals surface area contributed by atoms with Crippen LogP contribution in [-0.2, 0) is 14.4 Å². The topological polar surface area (TPSA) is 109 Å². The normalized spacial score (nSPS) is 10.6. The second kappa shape index (κ2) is 11.6. The number of carbonyl (C=O) groups is 3. The number of hydrazone groups is 1. The Balaban J connectivity index is 1.44. The molecule has 3 rings (SSSR count). The summed E-state index contributed by atoms with van der Waals surface area (Å²) in [5, 5.41) is 9.47. The summed E-state index contributed by atoms with van der Waals surface area (Å²) in [6, 6.07) is 18.9. The largest absolute Gasteiger partial charge is 0.484 e. The van der Waals surface area contributed by atoms with Crippen LogP contribution in [0.25, 0.3) is 0 Å². The molecule has 0 heterocycles. The summed E-state index contributed by atoms with van der Waals surface area (Å²) in [5.41, 5.74) is 6.06. The van der Waals surface area contributed by atoms with Crippen LogP contribution in [0.5, 0.6) is 5.75 Å². The van der Waals surface area contributed by atoms with Crippen molar-refractivity contribution < 1.29 is 19.1 Å². The fourth-order valence-electron chi connectivity index (χ4n) is 2.84. The molecular formula is C25H23ClN4O4. The van der Waals surface area contributed by atoms with E-state index < -0.39 is 11.8 Å². The third-order valence-corrected chi connectivity index (χ3v) is 5.03. The van der Waals surface area contributed by atoms with Gasteiger partial charge in [0.1, 0.15) is 5.75 Å². The lowest BCUT2D eigenvalue weighted by Gasteiger charge is -2.11. The van der Waals surface area contributed by atoms with Crippen molar-refractivity contribution in [3.8, 4) is 5.75 Å². The molecule has 0 bridgehead atoms. The van der Waals surface area contributed by atoms with Gasteiger partial charge >= 0.3 is 11.8 Å². The van der Waals surface area contributed by atoms with E-state index in [1.807, 2.05) is 32.0 Å². The fraction of sp³-hybridized carbons (Fsp3) is 0.120. The summed E-state index contributed by atoms with van der Waals surface area (Å²) < 4.78 is 5.52. The van der Waals surface area contributed by atoms with Crippen LogP contribution in [0, 0.1) is 13.8 Å². The lowest BCUT2D eigenvalue weighted by atomic mass is 10.1. The third kappa shape index (κ3) is 7.18. The molecule has 0 fully saturated rings. The average Bonchev–Trinajstić information content (AvgIpc) is 2.81. The lowest BCUT2D eigenvalue weighted by Crippen LogP contribution is -2.32. The summed E-state index contributed by atoms with van der Waals surface area (Å²) >= 11 is 5.85. The Labute approximate surface area is 202 Å². The average molecular weight is 479 g/mol. The van der Waals surface area contributed by atoms with E-state index in [4.69, 9.17) is 16.3 Å². The van der Waals surface area contributed by atoms with Crippen molar-refractivity contribution in [2.75, 3.05) is 17.2 Å². The predicted molar refractivity (Wildman–Crippen MR) is 132 cm³/mol. The molecule has 0 atom stereocenters. The van der Waals surface area contributed by atoms with Gasteiger partial charge in [0.25, 0.3) is 5.91 Å². The highest BCUT2D eigenvalue weighted by Gasteiger charge is 2.13. The van der Waals surface area contributed by atoms with E-state index in [0.717, 1.165) is 16.8 Å². The minimum absolute atomic E-state index is 0.140. The highest BCUT2D eigenvalue weighted by Crippen LogP contribution is 2.18. The molecular weight excluding hydrogens is 456 g/mol. The van der Waals surface area contributed by atoms with Crippen molar-refractivity contribution in [1.29, 1.82) is 0 Å². The number of ether oxygens (including phenoxy) is 1. The Hall–Kier alpha value is -4.17. The van der Waals surface area contributed by atoms with Gasteiger partial charge in [0.2, 0.25) is 0 Å². The fourth-order valence-corrected chi connectivity index (χ4v) is 3.03. The van der Waals surface area contributed by atoms with Gasteiger partial charge in [0.05, 0.1) is 6.21 Å². The molecule has 0 aliphatic heterocycles. The van der Waals surface area contributed by atoms with Gasteiger partial charge in [-0.15, -0.1) is 0 Å². The van der Waals surface area contributed by atoms with Crippen molar-refractivity contribution in [2.24, 2.45) is 5.10 Å². The maximum Gasteiger partial charge on any atom is 0.329 e. The highest BCUT2D eigenvalue weighted by molar-refractivity contribution is 6.39. The molecule has 9 heteroatoms. The molecule has 174 valence electrons. The van der Waals surface area contributed by atoms with E-state index in [9.17, 15) is 14.4 Å². The Bertz CT molecular complexity index is 1230. The number of halogens is 1. The number of hydrogen-bond acceptors (Lipinski definition) is 5. The number of amides is 3. The second-order valence-corrected chi connectivity index (χ2v) is 7.75. The van der Waals surface area contributed by atoms with Gasteiger partial charge in [-0.1, -0.05) is 29.8 Å². The number of aryl methyl sites for hydroxylation is 1. The molecule has 0 aromatic heterocycles. The molecule has 0 saturated heterocycles.